The van der Waals surface area contributed by atoms with Gasteiger partial charge < -0.3 is 10.1 Å². The van der Waals surface area contributed by atoms with Gasteiger partial charge in [-0.3, -0.25) is 0 Å². The van der Waals surface area contributed by atoms with Crippen molar-refractivity contribution in [1.82, 2.24) is 5.32 Å². The molecule has 1 rings (SSSR count). The van der Waals surface area contributed by atoms with Crippen molar-refractivity contribution < 1.29 is 4.74 Å². The fourth-order valence-corrected chi connectivity index (χ4v) is 3.61. The maximum Gasteiger partial charge on any atom is 0.0806 e. The maximum atomic E-state index is 6.26. The molecule has 0 aromatic rings. The average Bonchev–Trinajstić information content (AvgIpc) is 2.55. The van der Waals surface area contributed by atoms with Gasteiger partial charge in [0.1, 0.15) is 0 Å². The van der Waals surface area contributed by atoms with E-state index >= 15 is 0 Å². The van der Waals surface area contributed by atoms with Crippen LogP contribution in [0.2, 0.25) is 0 Å². The van der Waals surface area contributed by atoms with Crippen LogP contribution in [0, 0.1) is 0 Å². The number of hydrogen-bond donors (Lipinski definition) is 1. The van der Waals surface area contributed by atoms with Crippen molar-refractivity contribution in [3.05, 3.63) is 0 Å². The molecular weight excluding hydrogens is 270 g/mol. The number of unbranched alkanes of at least 4 members (excludes halogenated alkanes) is 10. The lowest BCUT2D eigenvalue weighted by molar-refractivity contribution is -0.0791. The van der Waals surface area contributed by atoms with Crippen LogP contribution in [0.4, 0.5) is 0 Å². The molecule has 1 aliphatic heterocycles. The Morgan fingerprint density at radius 3 is 1.68 bits per heavy atom. The van der Waals surface area contributed by atoms with Gasteiger partial charge in [-0.15, -0.1) is 0 Å². The Hall–Kier alpha value is -0.0800. The van der Waals surface area contributed by atoms with E-state index in [2.05, 4.69) is 19.2 Å². The molecular formula is C20H41NO. The van der Waals surface area contributed by atoms with Gasteiger partial charge in [-0.25, -0.2) is 0 Å². The Morgan fingerprint density at radius 1 is 0.727 bits per heavy atom. The summed E-state index contributed by atoms with van der Waals surface area (Å²) in [6.07, 6.45) is 19.2. The largest absolute Gasteiger partial charge is 0.372 e. The van der Waals surface area contributed by atoms with Gasteiger partial charge in [0.05, 0.1) is 12.2 Å². The summed E-state index contributed by atoms with van der Waals surface area (Å²) >= 11 is 0. The molecule has 2 heteroatoms. The monoisotopic (exact) mass is 311 g/mol. The minimum atomic E-state index is 0.160. The summed E-state index contributed by atoms with van der Waals surface area (Å²) in [5, 5.41) is 3.57. The molecule has 0 unspecified atom stereocenters. The third-order valence-corrected chi connectivity index (χ3v) is 5.11. The smallest absolute Gasteiger partial charge is 0.0806 e. The summed E-state index contributed by atoms with van der Waals surface area (Å²) in [7, 11) is 0. The Balaban J connectivity index is 2.17. The van der Waals surface area contributed by atoms with Gasteiger partial charge >= 0.3 is 0 Å². The second-order valence-electron chi connectivity index (χ2n) is 7.24. The van der Waals surface area contributed by atoms with E-state index in [0.717, 1.165) is 19.7 Å². The van der Waals surface area contributed by atoms with Crippen LogP contribution in [0.3, 0.4) is 0 Å². The topological polar surface area (TPSA) is 21.3 Å². The lowest BCUT2D eigenvalue weighted by Gasteiger charge is -2.38. The van der Waals surface area contributed by atoms with Crippen LogP contribution >= 0.6 is 0 Å². The lowest BCUT2D eigenvalue weighted by atomic mass is 9.88. The van der Waals surface area contributed by atoms with Crippen molar-refractivity contribution in [2.24, 2.45) is 0 Å². The van der Waals surface area contributed by atoms with Crippen LogP contribution in [-0.4, -0.2) is 25.3 Å². The van der Waals surface area contributed by atoms with Gasteiger partial charge in [0, 0.05) is 13.1 Å². The first-order valence-corrected chi connectivity index (χ1v) is 10.2. The van der Waals surface area contributed by atoms with E-state index in [1.165, 1.54) is 89.9 Å². The van der Waals surface area contributed by atoms with Crippen LogP contribution in [0.1, 0.15) is 104 Å². The van der Waals surface area contributed by atoms with Crippen LogP contribution < -0.4 is 5.32 Å². The molecule has 1 heterocycles. The normalized spacial score (nSPS) is 17.7. The molecule has 2 nitrogen and oxygen atoms in total. The summed E-state index contributed by atoms with van der Waals surface area (Å²) < 4.78 is 6.26. The molecule has 0 saturated carbocycles. The molecule has 1 aliphatic rings. The van der Waals surface area contributed by atoms with E-state index in [-0.39, 0.29) is 5.60 Å². The standard InChI is InChI=1S/C20H41NO/c1-3-5-7-9-11-13-15-20(19-21-17-18-22-20)16-14-12-10-8-6-4-2/h21H,3-19H2,1-2H3. The van der Waals surface area contributed by atoms with E-state index in [0.29, 0.717) is 0 Å². The molecule has 0 aromatic carbocycles. The van der Waals surface area contributed by atoms with Crippen molar-refractivity contribution in [3.8, 4) is 0 Å². The van der Waals surface area contributed by atoms with Gasteiger partial charge in [0.15, 0.2) is 0 Å². The second kappa shape index (κ2) is 13.4. The molecule has 0 bridgehead atoms. The fraction of sp³-hybridized carbons (Fsp3) is 1.00. The molecule has 1 N–H and O–H groups in total. The van der Waals surface area contributed by atoms with E-state index in [1.54, 1.807) is 0 Å². The highest BCUT2D eigenvalue weighted by Crippen LogP contribution is 2.28. The minimum absolute atomic E-state index is 0.160. The fourth-order valence-electron chi connectivity index (χ4n) is 3.61. The predicted molar refractivity (Wildman–Crippen MR) is 97.5 cm³/mol. The molecule has 0 aromatic heterocycles. The van der Waals surface area contributed by atoms with Gasteiger partial charge in [-0.1, -0.05) is 90.9 Å². The Labute approximate surface area is 139 Å². The van der Waals surface area contributed by atoms with Gasteiger partial charge in [0.25, 0.3) is 0 Å². The highest BCUT2D eigenvalue weighted by atomic mass is 16.5. The molecule has 22 heavy (non-hydrogen) atoms. The van der Waals surface area contributed by atoms with Gasteiger partial charge in [-0.05, 0) is 12.8 Å². The van der Waals surface area contributed by atoms with Crippen LogP contribution in [-0.2, 0) is 4.74 Å². The highest BCUT2D eigenvalue weighted by Gasteiger charge is 2.31. The number of rotatable bonds is 14. The average molecular weight is 312 g/mol. The van der Waals surface area contributed by atoms with Crippen molar-refractivity contribution in [2.75, 3.05) is 19.7 Å². The highest BCUT2D eigenvalue weighted by molar-refractivity contribution is 4.86. The second-order valence-corrected chi connectivity index (χ2v) is 7.24. The Kier molecular flexibility index (Phi) is 12.1. The minimum Gasteiger partial charge on any atom is -0.372 e. The van der Waals surface area contributed by atoms with Gasteiger partial charge in [-0.2, -0.15) is 0 Å². The van der Waals surface area contributed by atoms with Crippen molar-refractivity contribution >= 4 is 0 Å². The lowest BCUT2D eigenvalue weighted by Crippen LogP contribution is -2.49. The summed E-state index contributed by atoms with van der Waals surface area (Å²) in [4.78, 5) is 0. The summed E-state index contributed by atoms with van der Waals surface area (Å²) in [6, 6.07) is 0. The molecule has 1 fully saturated rings. The first-order valence-electron chi connectivity index (χ1n) is 10.2. The van der Waals surface area contributed by atoms with E-state index in [1.807, 2.05) is 0 Å². The van der Waals surface area contributed by atoms with E-state index in [9.17, 15) is 0 Å². The number of ether oxygens (including phenoxy) is 1. The third-order valence-electron chi connectivity index (χ3n) is 5.11. The first-order chi connectivity index (χ1) is 10.8. The van der Waals surface area contributed by atoms with E-state index in [4.69, 9.17) is 4.74 Å². The first kappa shape index (κ1) is 20.0. The summed E-state index contributed by atoms with van der Waals surface area (Å²) in [5.41, 5.74) is 0.160. The van der Waals surface area contributed by atoms with Crippen molar-refractivity contribution in [1.29, 1.82) is 0 Å². The zero-order valence-electron chi connectivity index (χ0n) is 15.4. The quantitative estimate of drug-likeness (QED) is 0.406. The molecule has 0 spiro atoms. The maximum absolute atomic E-state index is 6.26. The molecule has 1 saturated heterocycles. The predicted octanol–water partition coefficient (Wildman–Crippen LogP) is 5.85. The summed E-state index contributed by atoms with van der Waals surface area (Å²) in [6.45, 7) is 7.60. The number of nitrogens with one attached hydrogen (secondary N) is 1. The third kappa shape index (κ3) is 9.15. The molecule has 0 atom stereocenters. The zero-order valence-corrected chi connectivity index (χ0v) is 15.4. The molecule has 0 amide bonds. The molecule has 0 radical (unpaired) electrons. The summed E-state index contributed by atoms with van der Waals surface area (Å²) in [5.74, 6) is 0. The van der Waals surface area contributed by atoms with Crippen molar-refractivity contribution in [2.45, 2.75) is 109 Å². The SMILES string of the molecule is CCCCCCCCC1(CCCCCCCC)CNCCO1. The van der Waals surface area contributed by atoms with Gasteiger partial charge in [0.2, 0.25) is 0 Å². The van der Waals surface area contributed by atoms with Crippen molar-refractivity contribution in [3.63, 3.8) is 0 Å². The van der Waals surface area contributed by atoms with Crippen LogP contribution in [0.25, 0.3) is 0 Å². The number of morpholine rings is 1. The van der Waals surface area contributed by atoms with Crippen LogP contribution in [0.15, 0.2) is 0 Å². The molecule has 0 aliphatic carbocycles. The Bertz CT molecular complexity index is 218. The number of hydrogen-bond acceptors (Lipinski definition) is 2. The van der Waals surface area contributed by atoms with E-state index < -0.39 is 0 Å². The Morgan fingerprint density at radius 2 is 1.23 bits per heavy atom. The van der Waals surface area contributed by atoms with Crippen LogP contribution in [0.5, 0.6) is 0 Å². The zero-order chi connectivity index (χ0) is 15.9. The molecule has 132 valence electrons.